The maximum Gasteiger partial charge on any atom is 0.0453 e. The summed E-state index contributed by atoms with van der Waals surface area (Å²) in [7, 11) is 2.02. The van der Waals surface area contributed by atoms with Gasteiger partial charge < -0.3 is 5.32 Å². The first-order valence-electron chi connectivity index (χ1n) is 5.32. The second-order valence-electron chi connectivity index (χ2n) is 4.17. The molecule has 0 aliphatic heterocycles. The maximum atomic E-state index is 6.14. The minimum atomic E-state index is 0.559. The molecule has 0 spiro atoms. The van der Waals surface area contributed by atoms with Crippen LogP contribution in [0.3, 0.4) is 0 Å². The molecule has 15 heavy (non-hydrogen) atoms. The van der Waals surface area contributed by atoms with Gasteiger partial charge in [-0.05, 0) is 49.9 Å². The van der Waals surface area contributed by atoms with Crippen LogP contribution in [0.25, 0.3) is 0 Å². The molecule has 1 aromatic carbocycles. The highest BCUT2D eigenvalue weighted by molar-refractivity contribution is 6.35. The predicted octanol–water partition coefficient (Wildman–Crippen LogP) is 3.53. The zero-order valence-corrected chi connectivity index (χ0v) is 10.3. The van der Waals surface area contributed by atoms with Gasteiger partial charge >= 0.3 is 0 Å². The van der Waals surface area contributed by atoms with E-state index in [0.717, 1.165) is 17.4 Å². The average molecular weight is 244 g/mol. The number of nitrogens with one attached hydrogen (secondary N) is 1. The van der Waals surface area contributed by atoms with E-state index in [2.05, 4.69) is 5.32 Å². The minimum absolute atomic E-state index is 0.559. The van der Waals surface area contributed by atoms with Crippen molar-refractivity contribution in [1.82, 2.24) is 5.32 Å². The second kappa shape index (κ2) is 4.73. The molecule has 1 aliphatic carbocycles. The van der Waals surface area contributed by atoms with Gasteiger partial charge in [0, 0.05) is 16.1 Å². The second-order valence-corrected chi connectivity index (χ2v) is 5.02. The van der Waals surface area contributed by atoms with Crippen molar-refractivity contribution >= 4 is 23.2 Å². The lowest BCUT2D eigenvalue weighted by molar-refractivity contribution is 0.500. The van der Waals surface area contributed by atoms with Gasteiger partial charge in [-0.2, -0.15) is 0 Å². The molecule has 0 radical (unpaired) electrons. The summed E-state index contributed by atoms with van der Waals surface area (Å²) in [5.74, 6) is 0.835. The van der Waals surface area contributed by atoms with Crippen molar-refractivity contribution in [2.24, 2.45) is 5.92 Å². The average Bonchev–Trinajstić information content (AvgIpc) is 3.00. The Bertz CT molecular complexity index is 347. The molecule has 1 aromatic rings. The summed E-state index contributed by atoms with van der Waals surface area (Å²) in [6.07, 6.45) is 3.69. The SMILES string of the molecule is CNC(Cc1ccc(Cl)cc1Cl)C1CC1. The van der Waals surface area contributed by atoms with E-state index in [-0.39, 0.29) is 0 Å². The van der Waals surface area contributed by atoms with Gasteiger partial charge in [0.25, 0.3) is 0 Å². The van der Waals surface area contributed by atoms with Crippen molar-refractivity contribution in [1.29, 1.82) is 0 Å². The van der Waals surface area contributed by atoms with Gasteiger partial charge in [0.15, 0.2) is 0 Å². The quantitative estimate of drug-likeness (QED) is 0.854. The van der Waals surface area contributed by atoms with Crippen LogP contribution in [0.2, 0.25) is 10.0 Å². The number of likely N-dealkylation sites (N-methyl/N-ethyl adjacent to an activating group) is 1. The standard InChI is InChI=1S/C12H15Cl2N/c1-15-12(8-2-3-8)6-9-4-5-10(13)7-11(9)14/h4-5,7-8,12,15H,2-3,6H2,1H3. The Morgan fingerprint density at radius 2 is 2.13 bits per heavy atom. The van der Waals surface area contributed by atoms with Crippen LogP contribution >= 0.6 is 23.2 Å². The van der Waals surface area contributed by atoms with Crippen LogP contribution in [0, 0.1) is 5.92 Å². The van der Waals surface area contributed by atoms with Crippen molar-refractivity contribution < 1.29 is 0 Å². The molecule has 1 unspecified atom stereocenters. The highest BCUT2D eigenvalue weighted by atomic mass is 35.5. The first-order chi connectivity index (χ1) is 7.20. The molecule has 1 atom stereocenters. The molecule has 1 fully saturated rings. The smallest absolute Gasteiger partial charge is 0.0453 e. The predicted molar refractivity (Wildman–Crippen MR) is 65.7 cm³/mol. The highest BCUT2D eigenvalue weighted by Crippen LogP contribution is 2.35. The third-order valence-electron chi connectivity index (χ3n) is 3.02. The Labute approximate surface area is 101 Å². The van der Waals surface area contributed by atoms with E-state index in [1.807, 2.05) is 25.2 Å². The van der Waals surface area contributed by atoms with Gasteiger partial charge in [-0.3, -0.25) is 0 Å². The molecule has 0 saturated heterocycles. The van der Waals surface area contributed by atoms with E-state index in [1.165, 1.54) is 18.4 Å². The number of benzene rings is 1. The van der Waals surface area contributed by atoms with Crippen LogP contribution in [-0.2, 0) is 6.42 Å². The molecule has 0 heterocycles. The van der Waals surface area contributed by atoms with Crippen molar-refractivity contribution in [2.45, 2.75) is 25.3 Å². The van der Waals surface area contributed by atoms with Gasteiger partial charge in [0.1, 0.15) is 0 Å². The zero-order valence-electron chi connectivity index (χ0n) is 8.76. The van der Waals surface area contributed by atoms with Crippen molar-refractivity contribution in [3.63, 3.8) is 0 Å². The van der Waals surface area contributed by atoms with Crippen LogP contribution in [-0.4, -0.2) is 13.1 Å². The molecule has 1 N–H and O–H groups in total. The van der Waals surface area contributed by atoms with Crippen LogP contribution in [0.5, 0.6) is 0 Å². The molecule has 1 nitrogen and oxygen atoms in total. The van der Waals surface area contributed by atoms with E-state index in [0.29, 0.717) is 11.1 Å². The molecular weight excluding hydrogens is 229 g/mol. The van der Waals surface area contributed by atoms with Gasteiger partial charge in [0.05, 0.1) is 0 Å². The number of halogens is 2. The molecule has 82 valence electrons. The Balaban J connectivity index is 2.08. The van der Waals surface area contributed by atoms with Gasteiger partial charge in [-0.1, -0.05) is 29.3 Å². The number of hydrogen-bond donors (Lipinski definition) is 1. The Hall–Kier alpha value is -0.240. The molecule has 0 aromatic heterocycles. The van der Waals surface area contributed by atoms with Crippen molar-refractivity contribution in [3.05, 3.63) is 33.8 Å². The van der Waals surface area contributed by atoms with E-state index >= 15 is 0 Å². The first kappa shape index (κ1) is 11.3. The lowest BCUT2D eigenvalue weighted by Crippen LogP contribution is -2.29. The first-order valence-corrected chi connectivity index (χ1v) is 6.07. The summed E-state index contributed by atoms with van der Waals surface area (Å²) in [6.45, 7) is 0. The van der Waals surface area contributed by atoms with Crippen LogP contribution < -0.4 is 5.32 Å². The zero-order chi connectivity index (χ0) is 10.8. The van der Waals surface area contributed by atoms with Gasteiger partial charge in [-0.15, -0.1) is 0 Å². The fraction of sp³-hybridized carbons (Fsp3) is 0.500. The summed E-state index contributed by atoms with van der Waals surface area (Å²) in [5.41, 5.74) is 1.19. The summed E-state index contributed by atoms with van der Waals surface area (Å²) in [6, 6.07) is 6.31. The third-order valence-corrected chi connectivity index (χ3v) is 3.60. The summed E-state index contributed by atoms with van der Waals surface area (Å²) in [4.78, 5) is 0. The Morgan fingerprint density at radius 1 is 1.40 bits per heavy atom. The number of rotatable bonds is 4. The molecule has 0 bridgehead atoms. The number of hydrogen-bond acceptors (Lipinski definition) is 1. The summed E-state index contributed by atoms with van der Waals surface area (Å²) < 4.78 is 0. The molecule has 1 aliphatic rings. The Kier molecular flexibility index (Phi) is 3.55. The van der Waals surface area contributed by atoms with E-state index in [4.69, 9.17) is 23.2 Å². The normalized spacial score (nSPS) is 17.8. The highest BCUT2D eigenvalue weighted by Gasteiger charge is 2.30. The molecular formula is C12H15Cl2N. The fourth-order valence-electron chi connectivity index (χ4n) is 1.93. The molecule has 0 amide bonds. The van der Waals surface area contributed by atoms with Crippen molar-refractivity contribution in [3.8, 4) is 0 Å². The molecule has 3 heteroatoms. The van der Waals surface area contributed by atoms with E-state index in [1.54, 1.807) is 0 Å². The fourth-order valence-corrected chi connectivity index (χ4v) is 2.41. The lowest BCUT2D eigenvalue weighted by atomic mass is 10.0. The van der Waals surface area contributed by atoms with Gasteiger partial charge in [-0.25, -0.2) is 0 Å². The monoisotopic (exact) mass is 243 g/mol. The Morgan fingerprint density at radius 3 is 2.67 bits per heavy atom. The van der Waals surface area contributed by atoms with Gasteiger partial charge in [0.2, 0.25) is 0 Å². The van der Waals surface area contributed by atoms with Crippen molar-refractivity contribution in [2.75, 3.05) is 7.05 Å². The lowest BCUT2D eigenvalue weighted by Gasteiger charge is -2.16. The summed E-state index contributed by atoms with van der Waals surface area (Å²) >= 11 is 12.0. The molecule has 1 saturated carbocycles. The molecule has 2 rings (SSSR count). The van der Waals surface area contributed by atoms with Crippen LogP contribution in [0.15, 0.2) is 18.2 Å². The van der Waals surface area contributed by atoms with E-state index < -0.39 is 0 Å². The topological polar surface area (TPSA) is 12.0 Å². The van der Waals surface area contributed by atoms with Crippen LogP contribution in [0.4, 0.5) is 0 Å². The van der Waals surface area contributed by atoms with E-state index in [9.17, 15) is 0 Å². The third kappa shape index (κ3) is 2.87. The maximum absolute atomic E-state index is 6.14. The minimum Gasteiger partial charge on any atom is -0.316 e. The van der Waals surface area contributed by atoms with Crippen LogP contribution in [0.1, 0.15) is 18.4 Å². The summed E-state index contributed by atoms with van der Waals surface area (Å²) in [5, 5.41) is 4.85. The largest absolute Gasteiger partial charge is 0.316 e.